The van der Waals surface area contributed by atoms with E-state index in [1.54, 1.807) is 12.1 Å². The van der Waals surface area contributed by atoms with Crippen molar-refractivity contribution in [1.29, 1.82) is 0 Å². The SMILES string of the molecule is I.O=[N+]([O-])c1ccc(CN=C(NCCCn2ccc3ccccc32)NCC2CCOC2)cc1. The minimum absolute atomic E-state index is 0. The summed E-state index contributed by atoms with van der Waals surface area (Å²) in [6.07, 6.45) is 4.15. The molecular weight excluding hydrogens is 533 g/mol. The van der Waals surface area contributed by atoms with Crippen LogP contribution in [0.4, 0.5) is 5.69 Å². The van der Waals surface area contributed by atoms with Gasteiger partial charge in [-0.2, -0.15) is 0 Å². The maximum Gasteiger partial charge on any atom is 0.269 e. The fourth-order valence-corrected chi connectivity index (χ4v) is 3.84. The normalized spacial score (nSPS) is 15.9. The molecule has 8 nitrogen and oxygen atoms in total. The van der Waals surface area contributed by atoms with Gasteiger partial charge in [-0.3, -0.25) is 10.1 Å². The van der Waals surface area contributed by atoms with Crippen LogP contribution in [-0.2, 0) is 17.8 Å². The molecule has 0 bridgehead atoms. The van der Waals surface area contributed by atoms with E-state index in [2.05, 4.69) is 51.7 Å². The van der Waals surface area contributed by atoms with Crippen LogP contribution < -0.4 is 10.6 Å². The Bertz CT molecular complexity index is 1060. The number of aromatic nitrogens is 1. The maximum atomic E-state index is 10.8. The van der Waals surface area contributed by atoms with Crippen molar-refractivity contribution in [2.24, 2.45) is 10.9 Å². The quantitative estimate of drug-likeness (QED) is 0.101. The Hall–Kier alpha value is -2.66. The number of non-ortho nitro benzene ring substituents is 1. The smallest absolute Gasteiger partial charge is 0.269 e. The molecule has 1 saturated heterocycles. The summed E-state index contributed by atoms with van der Waals surface area (Å²) >= 11 is 0. The second-order valence-corrected chi connectivity index (χ2v) is 8.05. The van der Waals surface area contributed by atoms with Gasteiger partial charge in [-0.25, -0.2) is 4.99 Å². The Morgan fingerprint density at radius 2 is 1.97 bits per heavy atom. The van der Waals surface area contributed by atoms with Crippen LogP contribution >= 0.6 is 24.0 Å². The van der Waals surface area contributed by atoms with Crippen LogP contribution in [-0.4, -0.2) is 41.8 Å². The first-order valence-electron chi connectivity index (χ1n) is 11.1. The average molecular weight is 563 g/mol. The Morgan fingerprint density at radius 3 is 2.73 bits per heavy atom. The van der Waals surface area contributed by atoms with E-state index in [9.17, 15) is 10.1 Å². The van der Waals surface area contributed by atoms with E-state index >= 15 is 0 Å². The van der Waals surface area contributed by atoms with Crippen LogP contribution in [0, 0.1) is 16.0 Å². The summed E-state index contributed by atoms with van der Waals surface area (Å²) in [5.74, 6) is 1.25. The van der Waals surface area contributed by atoms with Gasteiger partial charge >= 0.3 is 0 Å². The van der Waals surface area contributed by atoms with Gasteiger partial charge in [-0.1, -0.05) is 30.3 Å². The van der Waals surface area contributed by atoms with E-state index < -0.39 is 0 Å². The predicted molar refractivity (Wildman–Crippen MR) is 141 cm³/mol. The third kappa shape index (κ3) is 7.16. The summed E-state index contributed by atoms with van der Waals surface area (Å²) in [6, 6.07) is 17.1. The average Bonchev–Trinajstić information content (AvgIpc) is 3.48. The molecule has 1 aliphatic heterocycles. The highest BCUT2D eigenvalue weighted by molar-refractivity contribution is 14.0. The zero-order valence-electron chi connectivity index (χ0n) is 18.5. The monoisotopic (exact) mass is 563 g/mol. The maximum absolute atomic E-state index is 10.8. The predicted octanol–water partition coefficient (Wildman–Crippen LogP) is 4.33. The second kappa shape index (κ2) is 12.5. The van der Waals surface area contributed by atoms with Crippen molar-refractivity contribution >= 4 is 46.5 Å². The number of aryl methyl sites for hydroxylation is 1. The Morgan fingerprint density at radius 1 is 1.15 bits per heavy atom. The van der Waals surface area contributed by atoms with Gasteiger partial charge in [-0.15, -0.1) is 24.0 Å². The fraction of sp³-hybridized carbons (Fsp3) is 0.375. The lowest BCUT2D eigenvalue weighted by Crippen LogP contribution is -2.40. The number of para-hydroxylation sites is 1. The van der Waals surface area contributed by atoms with Crippen molar-refractivity contribution < 1.29 is 9.66 Å². The first kappa shape index (κ1) is 25.0. The third-order valence-electron chi connectivity index (χ3n) is 5.70. The fourth-order valence-electron chi connectivity index (χ4n) is 3.84. The molecule has 33 heavy (non-hydrogen) atoms. The van der Waals surface area contributed by atoms with E-state index in [0.717, 1.165) is 57.2 Å². The summed E-state index contributed by atoms with van der Waals surface area (Å²) < 4.78 is 7.74. The molecule has 1 atom stereocenters. The molecule has 9 heteroatoms. The molecular formula is C24H30IN5O3. The van der Waals surface area contributed by atoms with E-state index in [4.69, 9.17) is 9.73 Å². The zero-order chi connectivity index (χ0) is 22.2. The summed E-state index contributed by atoms with van der Waals surface area (Å²) in [4.78, 5) is 15.1. The zero-order valence-corrected chi connectivity index (χ0v) is 20.8. The van der Waals surface area contributed by atoms with E-state index in [1.807, 2.05) is 0 Å². The van der Waals surface area contributed by atoms with Gasteiger partial charge in [0, 0.05) is 56.0 Å². The van der Waals surface area contributed by atoms with E-state index in [0.29, 0.717) is 12.5 Å². The van der Waals surface area contributed by atoms with Crippen LogP contribution in [0.1, 0.15) is 18.4 Å². The van der Waals surface area contributed by atoms with Crippen molar-refractivity contribution in [3.05, 3.63) is 76.5 Å². The summed E-state index contributed by atoms with van der Waals surface area (Å²) in [5, 5.41) is 19.0. The molecule has 1 unspecified atom stereocenters. The molecule has 0 spiro atoms. The Labute approximate surface area is 210 Å². The molecule has 0 amide bonds. The van der Waals surface area contributed by atoms with Gasteiger partial charge in [0.05, 0.1) is 18.1 Å². The van der Waals surface area contributed by atoms with E-state index in [-0.39, 0.29) is 34.6 Å². The van der Waals surface area contributed by atoms with Crippen molar-refractivity contribution in [3.63, 3.8) is 0 Å². The molecule has 0 saturated carbocycles. The number of nitro groups is 1. The first-order chi connectivity index (χ1) is 15.7. The van der Waals surface area contributed by atoms with Crippen LogP contribution in [0.25, 0.3) is 10.9 Å². The largest absolute Gasteiger partial charge is 0.381 e. The number of guanidine groups is 1. The number of benzene rings is 2. The highest BCUT2D eigenvalue weighted by Crippen LogP contribution is 2.15. The molecule has 2 N–H and O–H groups in total. The van der Waals surface area contributed by atoms with Gasteiger partial charge in [0.2, 0.25) is 0 Å². The minimum Gasteiger partial charge on any atom is -0.381 e. The van der Waals surface area contributed by atoms with Crippen molar-refractivity contribution in [2.45, 2.75) is 25.9 Å². The minimum atomic E-state index is -0.390. The van der Waals surface area contributed by atoms with Gasteiger partial charge in [0.1, 0.15) is 0 Å². The lowest BCUT2D eigenvalue weighted by Gasteiger charge is -2.15. The van der Waals surface area contributed by atoms with Gasteiger partial charge in [0.25, 0.3) is 5.69 Å². The summed E-state index contributed by atoms with van der Waals surface area (Å²) in [7, 11) is 0. The number of rotatable bonds is 9. The Kier molecular flexibility index (Phi) is 9.49. The number of hydrogen-bond acceptors (Lipinski definition) is 4. The number of nitrogens with one attached hydrogen (secondary N) is 2. The van der Waals surface area contributed by atoms with Crippen LogP contribution in [0.3, 0.4) is 0 Å². The second-order valence-electron chi connectivity index (χ2n) is 8.05. The number of nitrogens with zero attached hydrogens (tertiary/aromatic N) is 3. The number of hydrogen-bond donors (Lipinski definition) is 2. The molecule has 1 aromatic heterocycles. The first-order valence-corrected chi connectivity index (χ1v) is 11.1. The van der Waals surface area contributed by atoms with E-state index in [1.165, 1.54) is 23.0 Å². The number of aliphatic imine (C=N–C) groups is 1. The van der Waals surface area contributed by atoms with Crippen molar-refractivity contribution in [2.75, 3.05) is 26.3 Å². The van der Waals surface area contributed by atoms with Gasteiger partial charge < -0.3 is 19.9 Å². The molecule has 3 aromatic rings. The highest BCUT2D eigenvalue weighted by atomic mass is 127. The molecule has 0 radical (unpaired) electrons. The molecule has 1 fully saturated rings. The molecule has 0 aliphatic carbocycles. The molecule has 2 aromatic carbocycles. The van der Waals surface area contributed by atoms with Crippen molar-refractivity contribution in [1.82, 2.24) is 15.2 Å². The lowest BCUT2D eigenvalue weighted by molar-refractivity contribution is -0.384. The lowest BCUT2D eigenvalue weighted by atomic mass is 10.1. The van der Waals surface area contributed by atoms with Crippen LogP contribution in [0.5, 0.6) is 0 Å². The molecule has 2 heterocycles. The summed E-state index contributed by atoms with van der Waals surface area (Å²) in [5.41, 5.74) is 2.27. The topological polar surface area (TPSA) is 93.7 Å². The van der Waals surface area contributed by atoms with Crippen LogP contribution in [0.15, 0.2) is 65.8 Å². The van der Waals surface area contributed by atoms with Crippen LogP contribution in [0.2, 0.25) is 0 Å². The highest BCUT2D eigenvalue weighted by Gasteiger charge is 2.15. The molecule has 4 rings (SSSR count). The summed E-state index contributed by atoms with van der Waals surface area (Å²) in [6.45, 7) is 4.58. The third-order valence-corrected chi connectivity index (χ3v) is 5.70. The molecule has 1 aliphatic rings. The number of ether oxygens (including phenoxy) is 1. The number of halogens is 1. The Balaban J connectivity index is 0.00000306. The van der Waals surface area contributed by atoms with Gasteiger partial charge in [-0.05, 0) is 35.9 Å². The molecule has 176 valence electrons. The number of fused-ring (bicyclic) bond motifs is 1. The number of nitro benzene ring substituents is 1. The van der Waals surface area contributed by atoms with Gasteiger partial charge in [0.15, 0.2) is 5.96 Å². The standard InChI is InChI=1S/C24H29N5O3.HI/c30-29(31)22-8-6-19(7-9-22)16-26-24(27-17-20-11-15-32-18-20)25-12-3-13-28-14-10-21-4-1-2-5-23(21)28;/h1-2,4-10,14,20H,3,11-13,15-18H2,(H2,25,26,27);1H. The van der Waals surface area contributed by atoms with Crippen molar-refractivity contribution in [3.8, 4) is 0 Å².